The number of carbonyl (C=O) groups excluding carboxylic acids is 1. The van der Waals surface area contributed by atoms with Crippen LogP contribution in [0.3, 0.4) is 0 Å². The van der Waals surface area contributed by atoms with Gasteiger partial charge in [-0.3, -0.25) is 4.79 Å². The van der Waals surface area contributed by atoms with Gasteiger partial charge in [0.05, 0.1) is 6.42 Å². The van der Waals surface area contributed by atoms with Crippen molar-refractivity contribution in [1.29, 1.82) is 0 Å². The Morgan fingerprint density at radius 3 is 2.48 bits per heavy atom. The summed E-state index contributed by atoms with van der Waals surface area (Å²) in [5.41, 5.74) is 0. The molecule has 0 saturated heterocycles. The van der Waals surface area contributed by atoms with Crippen LogP contribution in [-0.2, 0) is 4.79 Å². The third-order valence-electron chi connectivity index (χ3n) is 4.01. The van der Waals surface area contributed by atoms with Gasteiger partial charge in [-0.1, -0.05) is 0 Å². The van der Waals surface area contributed by atoms with Gasteiger partial charge in [-0.15, -0.1) is 0 Å². The summed E-state index contributed by atoms with van der Waals surface area (Å²) in [6.45, 7) is 5.96. The van der Waals surface area contributed by atoms with Crippen molar-refractivity contribution < 1.29 is 14.7 Å². The normalized spacial score (nSPS) is 16.0. The molecule has 1 unspecified atom stereocenters. The number of nitrogens with zero attached hydrogens (tertiary/aromatic N) is 1. The van der Waals surface area contributed by atoms with Crippen molar-refractivity contribution in [2.24, 2.45) is 5.92 Å². The van der Waals surface area contributed by atoms with Crippen LogP contribution in [0, 0.1) is 5.92 Å². The van der Waals surface area contributed by atoms with Gasteiger partial charge in [0.2, 0.25) is 0 Å². The quantitative estimate of drug-likeness (QED) is 0.536. The third kappa shape index (κ3) is 7.90. The molecule has 3 N–H and O–H groups in total. The lowest BCUT2D eigenvalue weighted by Gasteiger charge is -2.20. The fourth-order valence-electron chi connectivity index (χ4n) is 2.19. The van der Waals surface area contributed by atoms with Crippen LogP contribution in [0.1, 0.15) is 46.0 Å². The van der Waals surface area contributed by atoms with Gasteiger partial charge in [0, 0.05) is 18.6 Å². The summed E-state index contributed by atoms with van der Waals surface area (Å²) >= 11 is 0. The van der Waals surface area contributed by atoms with E-state index in [1.165, 1.54) is 0 Å². The highest BCUT2D eigenvalue weighted by molar-refractivity contribution is 5.75. The van der Waals surface area contributed by atoms with Crippen LogP contribution in [0.15, 0.2) is 0 Å². The van der Waals surface area contributed by atoms with Crippen LogP contribution in [0.2, 0.25) is 0 Å². The number of unbranched alkanes of at least 4 members (excludes halogenated alkanes) is 1. The smallest absolute Gasteiger partial charge is 0.315 e. The molecule has 6 heteroatoms. The summed E-state index contributed by atoms with van der Waals surface area (Å²) in [5.74, 6) is -0.518. The number of hydrogen-bond acceptors (Lipinski definition) is 3. The summed E-state index contributed by atoms with van der Waals surface area (Å²) < 4.78 is 0. The van der Waals surface area contributed by atoms with Crippen molar-refractivity contribution in [2.45, 2.75) is 58.0 Å². The van der Waals surface area contributed by atoms with E-state index in [0.29, 0.717) is 18.5 Å². The minimum absolute atomic E-state index is 0.0112. The first kappa shape index (κ1) is 17.8. The van der Waals surface area contributed by atoms with E-state index in [9.17, 15) is 9.59 Å². The Bertz CT molecular complexity index is 343. The van der Waals surface area contributed by atoms with Crippen LogP contribution in [0.5, 0.6) is 0 Å². The van der Waals surface area contributed by atoms with Crippen molar-refractivity contribution in [3.63, 3.8) is 0 Å². The maximum Gasteiger partial charge on any atom is 0.315 e. The average molecular weight is 299 g/mol. The van der Waals surface area contributed by atoms with Gasteiger partial charge in [0.25, 0.3) is 0 Å². The summed E-state index contributed by atoms with van der Waals surface area (Å²) in [5, 5.41) is 14.4. The molecule has 1 saturated carbocycles. The van der Waals surface area contributed by atoms with Crippen LogP contribution >= 0.6 is 0 Å². The molecule has 0 bridgehead atoms. The Hall–Kier alpha value is -1.30. The van der Waals surface area contributed by atoms with E-state index in [1.54, 1.807) is 0 Å². The molecule has 0 aromatic rings. The van der Waals surface area contributed by atoms with E-state index in [0.717, 1.165) is 32.2 Å². The lowest BCUT2D eigenvalue weighted by atomic mass is 10.1. The predicted octanol–water partition coefficient (Wildman–Crippen LogP) is 1.66. The predicted molar refractivity (Wildman–Crippen MR) is 82.3 cm³/mol. The molecular weight excluding hydrogens is 270 g/mol. The van der Waals surface area contributed by atoms with Gasteiger partial charge in [0.15, 0.2) is 0 Å². The Balaban J connectivity index is 2.11. The Morgan fingerprint density at radius 1 is 1.29 bits per heavy atom. The summed E-state index contributed by atoms with van der Waals surface area (Å²) in [7, 11) is 2.09. The lowest BCUT2D eigenvalue weighted by molar-refractivity contribution is -0.137. The Kier molecular flexibility index (Phi) is 7.50. The largest absolute Gasteiger partial charge is 0.481 e. The fourth-order valence-corrected chi connectivity index (χ4v) is 2.19. The molecular formula is C15H29N3O3. The third-order valence-corrected chi connectivity index (χ3v) is 4.01. The number of carboxylic acids is 1. The van der Waals surface area contributed by atoms with E-state index in [-0.39, 0.29) is 18.5 Å². The molecule has 1 aliphatic carbocycles. The Labute approximate surface area is 127 Å². The number of rotatable bonds is 10. The standard InChI is InChI=1S/C15H29N3O3/c1-11(2)18(3)9-5-4-8-16-15(21)17-13(10-14(19)20)12-6-7-12/h11-13H,4-10H2,1-3H3,(H,19,20)(H2,16,17,21). The van der Waals surface area contributed by atoms with E-state index >= 15 is 0 Å². The average Bonchev–Trinajstić information content (AvgIpc) is 3.20. The van der Waals surface area contributed by atoms with Crippen molar-refractivity contribution in [2.75, 3.05) is 20.1 Å². The van der Waals surface area contributed by atoms with Gasteiger partial charge >= 0.3 is 12.0 Å². The molecule has 6 nitrogen and oxygen atoms in total. The molecule has 0 radical (unpaired) electrons. The zero-order valence-electron chi connectivity index (χ0n) is 13.4. The second-order valence-corrected chi connectivity index (χ2v) is 6.22. The molecule has 1 rings (SSSR count). The molecule has 122 valence electrons. The van der Waals surface area contributed by atoms with Crippen LogP contribution in [-0.4, -0.2) is 54.2 Å². The highest BCUT2D eigenvalue weighted by Crippen LogP contribution is 2.33. The molecule has 21 heavy (non-hydrogen) atoms. The number of carboxylic acid groups (broad SMARTS) is 1. The number of aliphatic carboxylic acids is 1. The van der Waals surface area contributed by atoms with Gasteiger partial charge < -0.3 is 20.6 Å². The topological polar surface area (TPSA) is 81.7 Å². The van der Waals surface area contributed by atoms with Crippen molar-refractivity contribution in [3.8, 4) is 0 Å². The molecule has 0 heterocycles. The highest BCUT2D eigenvalue weighted by atomic mass is 16.4. The van der Waals surface area contributed by atoms with E-state index in [4.69, 9.17) is 5.11 Å². The molecule has 0 aromatic heterocycles. The van der Waals surface area contributed by atoms with Gasteiger partial charge in [-0.25, -0.2) is 4.79 Å². The SMILES string of the molecule is CC(C)N(C)CCCCNC(=O)NC(CC(=O)O)C1CC1. The maximum absolute atomic E-state index is 11.7. The number of amides is 2. The number of nitrogens with one attached hydrogen (secondary N) is 2. The zero-order chi connectivity index (χ0) is 15.8. The van der Waals surface area contributed by atoms with Gasteiger partial charge in [0.1, 0.15) is 0 Å². The summed E-state index contributed by atoms with van der Waals surface area (Å²) in [6.07, 6.45) is 4.00. The van der Waals surface area contributed by atoms with Crippen LogP contribution in [0.4, 0.5) is 4.79 Å². The minimum atomic E-state index is -0.857. The second kappa shape index (κ2) is 8.87. The maximum atomic E-state index is 11.7. The van der Waals surface area contributed by atoms with Crippen LogP contribution < -0.4 is 10.6 Å². The van der Waals surface area contributed by atoms with Gasteiger partial charge in [-0.05, 0) is 59.0 Å². The van der Waals surface area contributed by atoms with Crippen molar-refractivity contribution >= 4 is 12.0 Å². The number of hydrogen-bond donors (Lipinski definition) is 3. The molecule has 1 atom stereocenters. The van der Waals surface area contributed by atoms with Crippen LogP contribution in [0.25, 0.3) is 0 Å². The van der Waals surface area contributed by atoms with Gasteiger partial charge in [-0.2, -0.15) is 0 Å². The van der Waals surface area contributed by atoms with Crippen molar-refractivity contribution in [3.05, 3.63) is 0 Å². The number of carbonyl (C=O) groups is 2. The monoisotopic (exact) mass is 299 g/mol. The second-order valence-electron chi connectivity index (χ2n) is 6.22. The number of urea groups is 1. The van der Waals surface area contributed by atoms with Crippen molar-refractivity contribution in [1.82, 2.24) is 15.5 Å². The van der Waals surface area contributed by atoms with E-state index in [2.05, 4.69) is 36.4 Å². The Morgan fingerprint density at radius 2 is 1.95 bits per heavy atom. The van der Waals surface area contributed by atoms with E-state index < -0.39 is 5.97 Å². The highest BCUT2D eigenvalue weighted by Gasteiger charge is 2.33. The first-order valence-electron chi connectivity index (χ1n) is 7.86. The zero-order valence-corrected chi connectivity index (χ0v) is 13.4. The molecule has 1 aliphatic rings. The molecule has 0 aromatic carbocycles. The molecule has 1 fully saturated rings. The first-order valence-corrected chi connectivity index (χ1v) is 7.86. The minimum Gasteiger partial charge on any atom is -0.481 e. The summed E-state index contributed by atoms with van der Waals surface area (Å²) in [4.78, 5) is 24.8. The molecule has 0 spiro atoms. The molecule has 0 aliphatic heterocycles. The summed E-state index contributed by atoms with van der Waals surface area (Å²) in [6, 6.07) is 0.0662. The van der Waals surface area contributed by atoms with E-state index in [1.807, 2.05) is 0 Å². The molecule has 2 amide bonds. The fraction of sp³-hybridized carbons (Fsp3) is 0.867. The lowest BCUT2D eigenvalue weighted by Crippen LogP contribution is -2.44. The first-order chi connectivity index (χ1) is 9.90.